The van der Waals surface area contributed by atoms with E-state index >= 15 is 0 Å². The van der Waals surface area contributed by atoms with Crippen molar-refractivity contribution in [3.63, 3.8) is 0 Å². The molecular formula is C15H14O2S. The molecule has 0 bridgehead atoms. The van der Waals surface area contributed by atoms with E-state index in [1.165, 1.54) is 0 Å². The van der Waals surface area contributed by atoms with E-state index < -0.39 is 0 Å². The highest BCUT2D eigenvalue weighted by molar-refractivity contribution is 8.01. The molecule has 3 rings (SSSR count). The average molecular weight is 258 g/mol. The van der Waals surface area contributed by atoms with Crippen molar-refractivity contribution in [3.8, 4) is 11.5 Å². The van der Waals surface area contributed by atoms with Gasteiger partial charge in [0.25, 0.3) is 0 Å². The van der Waals surface area contributed by atoms with E-state index in [1.54, 1.807) is 11.8 Å². The number of hydrogen-bond donors (Lipinski definition) is 2. The first kappa shape index (κ1) is 11.5. The summed E-state index contributed by atoms with van der Waals surface area (Å²) in [7, 11) is 0. The number of aromatic hydroxyl groups is 2. The third-order valence-corrected chi connectivity index (χ3v) is 4.45. The zero-order chi connectivity index (χ0) is 12.9. The lowest BCUT2D eigenvalue weighted by atomic mass is 10.0. The maximum atomic E-state index is 10.4. The Balaban J connectivity index is 2.41. The first-order valence-electron chi connectivity index (χ1n) is 5.84. The van der Waals surface area contributed by atoms with E-state index in [4.69, 9.17) is 0 Å². The Bertz CT molecular complexity index is 672. The third kappa shape index (κ3) is 1.58. The summed E-state index contributed by atoms with van der Waals surface area (Å²) in [4.78, 5) is 0.763. The summed E-state index contributed by atoms with van der Waals surface area (Å²) in [6, 6.07) is 7.37. The molecule has 92 valence electrons. The van der Waals surface area contributed by atoms with E-state index in [-0.39, 0.29) is 16.2 Å². The second-order valence-corrected chi connectivity index (χ2v) is 6.69. The van der Waals surface area contributed by atoms with Gasteiger partial charge in [-0.3, -0.25) is 0 Å². The van der Waals surface area contributed by atoms with Crippen LogP contribution in [0.5, 0.6) is 11.5 Å². The molecule has 0 fully saturated rings. The van der Waals surface area contributed by atoms with Crippen LogP contribution in [-0.4, -0.2) is 15.0 Å². The summed E-state index contributed by atoms with van der Waals surface area (Å²) in [6.07, 6.45) is 3.95. The Morgan fingerprint density at radius 2 is 1.61 bits per heavy atom. The molecule has 0 radical (unpaired) electrons. The van der Waals surface area contributed by atoms with Crippen molar-refractivity contribution in [2.24, 2.45) is 0 Å². The lowest BCUT2D eigenvalue weighted by Crippen LogP contribution is -2.13. The van der Waals surface area contributed by atoms with Crippen LogP contribution >= 0.6 is 11.8 Å². The number of benzene rings is 2. The summed E-state index contributed by atoms with van der Waals surface area (Å²) >= 11 is 1.57. The van der Waals surface area contributed by atoms with Gasteiger partial charge >= 0.3 is 0 Å². The van der Waals surface area contributed by atoms with Crippen molar-refractivity contribution >= 4 is 28.6 Å². The zero-order valence-electron chi connectivity index (χ0n) is 10.3. The third-order valence-electron chi connectivity index (χ3n) is 3.17. The maximum Gasteiger partial charge on any atom is 0.137 e. The largest absolute Gasteiger partial charge is 0.507 e. The second kappa shape index (κ2) is 3.69. The highest BCUT2D eigenvalue weighted by Crippen LogP contribution is 2.51. The molecule has 18 heavy (non-hydrogen) atoms. The first-order valence-corrected chi connectivity index (χ1v) is 6.66. The summed E-state index contributed by atoms with van der Waals surface area (Å²) in [5, 5.41) is 22.1. The molecule has 0 saturated heterocycles. The fourth-order valence-electron chi connectivity index (χ4n) is 2.24. The SMILES string of the molecule is CC1(C)C=Cc2c(c(O)c3ccccc3c2O)S1. The van der Waals surface area contributed by atoms with Gasteiger partial charge in [-0.15, -0.1) is 11.8 Å². The number of fused-ring (bicyclic) bond motifs is 2. The van der Waals surface area contributed by atoms with Crippen LogP contribution < -0.4 is 0 Å². The molecule has 2 aromatic rings. The normalized spacial score (nSPS) is 16.8. The molecule has 2 aromatic carbocycles. The van der Waals surface area contributed by atoms with Gasteiger partial charge in [-0.25, -0.2) is 0 Å². The molecule has 1 aliphatic rings. The molecular weight excluding hydrogens is 244 g/mol. The molecule has 0 saturated carbocycles. The Labute approximate surface area is 110 Å². The smallest absolute Gasteiger partial charge is 0.137 e. The Morgan fingerprint density at radius 3 is 2.28 bits per heavy atom. The van der Waals surface area contributed by atoms with Crippen LogP contribution in [0.3, 0.4) is 0 Å². The van der Waals surface area contributed by atoms with Crippen LogP contribution in [0.4, 0.5) is 0 Å². The fraction of sp³-hybridized carbons (Fsp3) is 0.200. The standard InChI is InChI=1S/C15H14O2S/c1-15(2)8-7-11-12(16)9-5-3-4-6-10(9)13(17)14(11)18-15/h3-8,16-17H,1-2H3. The predicted octanol–water partition coefficient (Wildman–Crippen LogP) is 4.15. The van der Waals surface area contributed by atoms with Crippen LogP contribution in [-0.2, 0) is 0 Å². The quantitative estimate of drug-likeness (QED) is 0.697. The monoisotopic (exact) mass is 258 g/mol. The molecule has 0 aromatic heterocycles. The van der Waals surface area contributed by atoms with Gasteiger partial charge < -0.3 is 10.2 Å². The van der Waals surface area contributed by atoms with Gasteiger partial charge in [0.2, 0.25) is 0 Å². The highest BCUT2D eigenvalue weighted by atomic mass is 32.2. The zero-order valence-corrected chi connectivity index (χ0v) is 11.1. The van der Waals surface area contributed by atoms with Crippen molar-refractivity contribution in [1.82, 2.24) is 0 Å². The first-order chi connectivity index (χ1) is 8.49. The van der Waals surface area contributed by atoms with Crippen molar-refractivity contribution < 1.29 is 10.2 Å². The summed E-state index contributed by atoms with van der Waals surface area (Å²) in [5.74, 6) is 0.512. The van der Waals surface area contributed by atoms with Gasteiger partial charge in [-0.1, -0.05) is 36.4 Å². The molecule has 0 aliphatic carbocycles. The molecule has 1 aliphatic heterocycles. The minimum Gasteiger partial charge on any atom is -0.507 e. The van der Waals surface area contributed by atoms with Crippen molar-refractivity contribution in [2.75, 3.05) is 0 Å². The topological polar surface area (TPSA) is 40.5 Å². The van der Waals surface area contributed by atoms with Crippen LogP contribution in [0, 0.1) is 0 Å². The number of phenolic OH excluding ortho intramolecular Hbond substituents is 2. The van der Waals surface area contributed by atoms with Gasteiger partial charge in [0.1, 0.15) is 11.5 Å². The van der Waals surface area contributed by atoms with Crippen LogP contribution in [0.25, 0.3) is 16.8 Å². The average Bonchev–Trinajstić information content (AvgIpc) is 2.35. The predicted molar refractivity (Wildman–Crippen MR) is 76.2 cm³/mol. The Hall–Kier alpha value is -1.61. The fourth-order valence-corrected chi connectivity index (χ4v) is 3.38. The summed E-state index contributed by atoms with van der Waals surface area (Å²) in [5.41, 5.74) is 0.718. The maximum absolute atomic E-state index is 10.4. The van der Waals surface area contributed by atoms with Gasteiger partial charge in [0, 0.05) is 21.1 Å². The van der Waals surface area contributed by atoms with E-state index in [1.807, 2.05) is 36.4 Å². The van der Waals surface area contributed by atoms with Crippen molar-refractivity contribution in [1.29, 1.82) is 0 Å². The lowest BCUT2D eigenvalue weighted by molar-refractivity contribution is 0.456. The van der Waals surface area contributed by atoms with Gasteiger partial charge in [0.15, 0.2) is 0 Å². The molecule has 2 N–H and O–H groups in total. The minimum atomic E-state index is -0.0701. The molecule has 3 heteroatoms. The number of thioether (sulfide) groups is 1. The molecule has 0 atom stereocenters. The lowest BCUT2D eigenvalue weighted by Gasteiger charge is -2.27. The molecule has 0 amide bonds. The highest BCUT2D eigenvalue weighted by Gasteiger charge is 2.27. The van der Waals surface area contributed by atoms with E-state index in [0.717, 1.165) is 10.5 Å². The van der Waals surface area contributed by atoms with Gasteiger partial charge in [0.05, 0.1) is 4.90 Å². The van der Waals surface area contributed by atoms with Crippen LogP contribution in [0.2, 0.25) is 0 Å². The Morgan fingerprint density at radius 1 is 1.00 bits per heavy atom. The Kier molecular flexibility index (Phi) is 2.35. The van der Waals surface area contributed by atoms with Gasteiger partial charge in [-0.05, 0) is 13.8 Å². The van der Waals surface area contributed by atoms with E-state index in [2.05, 4.69) is 13.8 Å². The molecule has 2 nitrogen and oxygen atoms in total. The van der Waals surface area contributed by atoms with Gasteiger partial charge in [-0.2, -0.15) is 0 Å². The number of hydrogen-bond acceptors (Lipinski definition) is 3. The second-order valence-electron chi connectivity index (χ2n) is 5.02. The number of rotatable bonds is 0. The van der Waals surface area contributed by atoms with Crippen molar-refractivity contribution in [2.45, 2.75) is 23.5 Å². The summed E-state index contributed by atoms with van der Waals surface area (Å²) < 4.78 is -0.0701. The van der Waals surface area contributed by atoms with Crippen molar-refractivity contribution in [3.05, 3.63) is 35.9 Å². The van der Waals surface area contributed by atoms with E-state index in [9.17, 15) is 10.2 Å². The molecule has 0 spiro atoms. The molecule has 1 heterocycles. The molecule has 0 unspecified atom stereocenters. The van der Waals surface area contributed by atoms with E-state index in [0.29, 0.717) is 10.8 Å². The van der Waals surface area contributed by atoms with Crippen LogP contribution in [0.1, 0.15) is 19.4 Å². The number of phenols is 2. The van der Waals surface area contributed by atoms with Crippen LogP contribution in [0.15, 0.2) is 35.2 Å². The minimum absolute atomic E-state index is 0.0701. The summed E-state index contributed by atoms with van der Waals surface area (Å²) in [6.45, 7) is 4.17.